The first-order valence-corrected chi connectivity index (χ1v) is 7.34. The highest BCUT2D eigenvalue weighted by atomic mass is 16.5. The van der Waals surface area contributed by atoms with Gasteiger partial charge in [-0.2, -0.15) is 0 Å². The number of anilines is 1. The summed E-state index contributed by atoms with van der Waals surface area (Å²) in [5.41, 5.74) is 5.13. The number of fused-ring (bicyclic) bond motifs is 1. The van der Waals surface area contributed by atoms with Gasteiger partial charge in [0.15, 0.2) is 0 Å². The maximum Gasteiger partial charge on any atom is 0.0950 e. The second kappa shape index (κ2) is 6.09. The third-order valence-electron chi connectivity index (χ3n) is 3.73. The molecule has 1 N–H and O–H groups in total. The van der Waals surface area contributed by atoms with E-state index in [1.165, 1.54) is 22.5 Å². The van der Waals surface area contributed by atoms with Crippen molar-refractivity contribution in [3.05, 3.63) is 36.3 Å². The van der Waals surface area contributed by atoms with Crippen molar-refractivity contribution < 1.29 is 4.74 Å². The van der Waals surface area contributed by atoms with Gasteiger partial charge in [-0.15, -0.1) is 0 Å². The maximum atomic E-state index is 5.41. The van der Waals surface area contributed by atoms with Gasteiger partial charge in [-0.05, 0) is 25.3 Å². The Kier molecular flexibility index (Phi) is 4.02. The zero-order chi connectivity index (χ0) is 13.8. The lowest BCUT2D eigenvalue weighted by molar-refractivity contribution is 0.142. The van der Waals surface area contributed by atoms with Crippen molar-refractivity contribution in [1.82, 2.24) is 9.55 Å². The second-order valence-corrected chi connectivity index (χ2v) is 5.04. The van der Waals surface area contributed by atoms with E-state index >= 15 is 0 Å². The van der Waals surface area contributed by atoms with Crippen LogP contribution in [0, 0.1) is 0 Å². The molecule has 1 aromatic heterocycles. The zero-order valence-electron chi connectivity index (χ0n) is 11.9. The standard InChI is InChI=1S/C16H21N3O/c1-2-20-10-4-9-19-12-17-11-15(19)14-6-3-5-13-7-8-18-16(13)14/h3,5-6,11-12,18H,2,4,7-10H2,1H3. The van der Waals surface area contributed by atoms with Gasteiger partial charge in [-0.3, -0.25) is 0 Å². The van der Waals surface area contributed by atoms with Crippen LogP contribution in [0.1, 0.15) is 18.9 Å². The lowest BCUT2D eigenvalue weighted by Crippen LogP contribution is -2.04. The Hall–Kier alpha value is -1.81. The van der Waals surface area contributed by atoms with E-state index in [0.717, 1.165) is 39.1 Å². The topological polar surface area (TPSA) is 39.1 Å². The van der Waals surface area contributed by atoms with Crippen molar-refractivity contribution >= 4 is 5.69 Å². The third kappa shape index (κ3) is 2.56. The SMILES string of the molecule is CCOCCCn1cncc1-c1cccc2c1NCC2. The minimum absolute atomic E-state index is 0.785. The number of aromatic nitrogens is 2. The fourth-order valence-electron chi connectivity index (χ4n) is 2.76. The summed E-state index contributed by atoms with van der Waals surface area (Å²) in [7, 11) is 0. The van der Waals surface area contributed by atoms with Crippen LogP contribution in [0.3, 0.4) is 0 Å². The minimum Gasteiger partial charge on any atom is -0.384 e. The van der Waals surface area contributed by atoms with Crippen molar-refractivity contribution in [2.75, 3.05) is 25.1 Å². The molecule has 0 saturated carbocycles. The number of benzene rings is 1. The Bertz CT molecular complexity index is 577. The molecule has 0 spiro atoms. The van der Waals surface area contributed by atoms with Crippen LogP contribution in [0.25, 0.3) is 11.3 Å². The monoisotopic (exact) mass is 271 g/mol. The van der Waals surface area contributed by atoms with Crippen LogP contribution in [0.5, 0.6) is 0 Å². The molecule has 0 radical (unpaired) electrons. The van der Waals surface area contributed by atoms with E-state index in [-0.39, 0.29) is 0 Å². The van der Waals surface area contributed by atoms with Gasteiger partial charge in [0.25, 0.3) is 0 Å². The van der Waals surface area contributed by atoms with E-state index in [1.807, 2.05) is 19.4 Å². The Morgan fingerprint density at radius 2 is 2.35 bits per heavy atom. The highest BCUT2D eigenvalue weighted by Crippen LogP contribution is 2.34. The summed E-state index contributed by atoms with van der Waals surface area (Å²) >= 11 is 0. The Morgan fingerprint density at radius 3 is 3.25 bits per heavy atom. The molecule has 1 aliphatic rings. The summed E-state index contributed by atoms with van der Waals surface area (Å²) in [6.07, 6.45) is 5.99. The number of nitrogens with zero attached hydrogens (tertiary/aromatic N) is 2. The van der Waals surface area contributed by atoms with E-state index in [0.29, 0.717) is 0 Å². The van der Waals surface area contributed by atoms with Crippen molar-refractivity contribution in [2.45, 2.75) is 26.3 Å². The number of hydrogen-bond donors (Lipinski definition) is 1. The largest absolute Gasteiger partial charge is 0.384 e. The predicted octanol–water partition coefficient (Wildman–Crippen LogP) is 2.94. The Morgan fingerprint density at radius 1 is 1.40 bits per heavy atom. The van der Waals surface area contributed by atoms with Gasteiger partial charge in [-0.25, -0.2) is 4.98 Å². The normalized spacial score (nSPS) is 13.2. The van der Waals surface area contributed by atoms with Crippen LogP contribution in [-0.2, 0) is 17.7 Å². The van der Waals surface area contributed by atoms with Crippen LogP contribution in [0.4, 0.5) is 5.69 Å². The van der Waals surface area contributed by atoms with Gasteiger partial charge in [-0.1, -0.05) is 18.2 Å². The summed E-state index contributed by atoms with van der Waals surface area (Å²) in [5.74, 6) is 0. The zero-order valence-corrected chi connectivity index (χ0v) is 11.9. The average molecular weight is 271 g/mol. The lowest BCUT2D eigenvalue weighted by atomic mass is 10.1. The number of imidazole rings is 1. The third-order valence-corrected chi connectivity index (χ3v) is 3.73. The number of nitrogens with one attached hydrogen (secondary N) is 1. The molecule has 0 amide bonds. The number of hydrogen-bond acceptors (Lipinski definition) is 3. The molecule has 1 aromatic carbocycles. The molecule has 1 aliphatic heterocycles. The lowest BCUT2D eigenvalue weighted by Gasteiger charge is -2.12. The summed E-state index contributed by atoms with van der Waals surface area (Å²) in [6, 6.07) is 6.51. The molecule has 4 nitrogen and oxygen atoms in total. The number of rotatable bonds is 6. The van der Waals surface area contributed by atoms with Crippen molar-refractivity contribution in [3.63, 3.8) is 0 Å². The molecule has 4 heteroatoms. The van der Waals surface area contributed by atoms with Crippen molar-refractivity contribution in [3.8, 4) is 11.3 Å². The molecule has 2 heterocycles. The van der Waals surface area contributed by atoms with Crippen LogP contribution in [0.15, 0.2) is 30.7 Å². The molecule has 0 saturated heterocycles. The van der Waals surface area contributed by atoms with Crippen LogP contribution < -0.4 is 5.32 Å². The van der Waals surface area contributed by atoms with Crippen molar-refractivity contribution in [2.24, 2.45) is 0 Å². The molecule has 0 bridgehead atoms. The minimum atomic E-state index is 0.785. The summed E-state index contributed by atoms with van der Waals surface area (Å²) in [6.45, 7) is 5.59. The first-order valence-electron chi connectivity index (χ1n) is 7.34. The van der Waals surface area contributed by atoms with Gasteiger partial charge in [0.1, 0.15) is 0 Å². The van der Waals surface area contributed by atoms with E-state index < -0.39 is 0 Å². The maximum absolute atomic E-state index is 5.41. The van der Waals surface area contributed by atoms with Gasteiger partial charge >= 0.3 is 0 Å². The van der Waals surface area contributed by atoms with E-state index in [9.17, 15) is 0 Å². The second-order valence-electron chi connectivity index (χ2n) is 5.04. The molecule has 106 valence electrons. The van der Waals surface area contributed by atoms with Gasteiger partial charge in [0, 0.05) is 37.6 Å². The fraction of sp³-hybridized carbons (Fsp3) is 0.438. The van der Waals surface area contributed by atoms with E-state index in [2.05, 4.69) is 33.1 Å². The average Bonchev–Trinajstić information content (AvgIpc) is 3.11. The summed E-state index contributed by atoms with van der Waals surface area (Å²) in [4.78, 5) is 4.32. The first kappa shape index (κ1) is 13.2. The molecule has 0 fully saturated rings. The molecule has 3 rings (SSSR count). The van der Waals surface area contributed by atoms with E-state index in [1.54, 1.807) is 0 Å². The highest BCUT2D eigenvalue weighted by molar-refractivity contribution is 5.79. The van der Waals surface area contributed by atoms with Gasteiger partial charge in [0.2, 0.25) is 0 Å². The molecule has 0 aliphatic carbocycles. The smallest absolute Gasteiger partial charge is 0.0950 e. The predicted molar refractivity (Wildman–Crippen MR) is 81.0 cm³/mol. The van der Waals surface area contributed by atoms with E-state index in [4.69, 9.17) is 4.74 Å². The summed E-state index contributed by atoms with van der Waals surface area (Å²) < 4.78 is 7.62. The van der Waals surface area contributed by atoms with Crippen LogP contribution in [0.2, 0.25) is 0 Å². The first-order chi connectivity index (χ1) is 9.90. The van der Waals surface area contributed by atoms with Gasteiger partial charge < -0.3 is 14.6 Å². The van der Waals surface area contributed by atoms with Crippen molar-refractivity contribution in [1.29, 1.82) is 0 Å². The van der Waals surface area contributed by atoms with Gasteiger partial charge in [0.05, 0.1) is 18.2 Å². The Balaban J connectivity index is 1.81. The highest BCUT2D eigenvalue weighted by Gasteiger charge is 2.16. The fourth-order valence-corrected chi connectivity index (χ4v) is 2.76. The quantitative estimate of drug-likeness (QED) is 0.821. The summed E-state index contributed by atoms with van der Waals surface area (Å²) in [5, 5.41) is 3.49. The molecule has 0 unspecified atom stereocenters. The number of para-hydroxylation sites is 1. The molecule has 0 atom stereocenters. The molecule has 20 heavy (non-hydrogen) atoms. The molecule has 2 aromatic rings. The van der Waals surface area contributed by atoms with Crippen LogP contribution in [-0.4, -0.2) is 29.3 Å². The molecular weight excluding hydrogens is 250 g/mol. The number of aryl methyl sites for hydroxylation is 1. The molecular formula is C16H21N3O. The Labute approximate surface area is 119 Å². The number of ether oxygens (including phenoxy) is 1. The van der Waals surface area contributed by atoms with Crippen LogP contribution >= 0.6 is 0 Å².